The molecule has 0 amide bonds. The van der Waals surface area contributed by atoms with Crippen LogP contribution in [0.1, 0.15) is 11.7 Å². The van der Waals surface area contributed by atoms with E-state index in [1.807, 2.05) is 30.3 Å². The fraction of sp³-hybridized carbons (Fsp3) is 0.400. The summed E-state index contributed by atoms with van der Waals surface area (Å²) in [6.45, 7) is 0.0283. The molecule has 0 bridgehead atoms. The number of aliphatic hydroxyl groups excluding tert-OH is 1. The fourth-order valence-corrected chi connectivity index (χ4v) is 0.984. The topological polar surface area (TPSA) is 83.8 Å². The Morgan fingerprint density at radius 3 is 2.06 bits per heavy atom. The summed E-state index contributed by atoms with van der Waals surface area (Å²) < 4.78 is 30.9. The van der Waals surface area contributed by atoms with Gasteiger partial charge >= 0.3 is 0 Å². The lowest BCUT2D eigenvalue weighted by Crippen LogP contribution is -2.05. The lowest BCUT2D eigenvalue weighted by atomic mass is 10.1. The van der Waals surface area contributed by atoms with Crippen molar-refractivity contribution in [1.82, 2.24) is 0 Å². The third-order valence-electron chi connectivity index (χ3n) is 1.62. The van der Waals surface area contributed by atoms with Gasteiger partial charge in [0.25, 0.3) is 10.1 Å². The van der Waals surface area contributed by atoms with E-state index in [9.17, 15) is 8.42 Å². The quantitative estimate of drug-likeness (QED) is 0.775. The van der Waals surface area contributed by atoms with Gasteiger partial charge in [-0.25, -0.2) is 0 Å². The first-order valence-corrected chi connectivity index (χ1v) is 6.34. The van der Waals surface area contributed by atoms with Crippen LogP contribution >= 0.6 is 0 Å². The van der Waals surface area contributed by atoms with Crippen molar-refractivity contribution >= 4 is 10.1 Å². The number of ether oxygens (including phenoxy) is 1. The first kappa shape index (κ1) is 15.0. The normalized spacial score (nSPS) is 12.5. The summed E-state index contributed by atoms with van der Waals surface area (Å²) in [4.78, 5) is 0. The maximum absolute atomic E-state index is 9.19. The SMILES string of the molecule is COC(CO)c1ccccc1.CS(=O)(=O)O. The van der Waals surface area contributed by atoms with E-state index in [1.165, 1.54) is 0 Å². The molecule has 0 fully saturated rings. The van der Waals surface area contributed by atoms with Gasteiger partial charge in [0.15, 0.2) is 0 Å². The minimum absolute atomic E-state index is 0.0283. The molecule has 6 heteroatoms. The van der Waals surface area contributed by atoms with Crippen LogP contribution in [-0.2, 0) is 14.9 Å². The monoisotopic (exact) mass is 248 g/mol. The van der Waals surface area contributed by atoms with E-state index >= 15 is 0 Å². The van der Waals surface area contributed by atoms with Gasteiger partial charge in [0.05, 0.1) is 12.9 Å². The molecule has 0 radical (unpaired) electrons. The lowest BCUT2D eigenvalue weighted by molar-refractivity contribution is 0.0484. The molecule has 0 aliphatic rings. The molecule has 0 spiro atoms. The number of hydrogen-bond acceptors (Lipinski definition) is 4. The minimum atomic E-state index is -3.67. The first-order chi connectivity index (χ1) is 7.38. The Morgan fingerprint density at radius 2 is 1.75 bits per heavy atom. The van der Waals surface area contributed by atoms with Gasteiger partial charge in [-0.15, -0.1) is 0 Å². The van der Waals surface area contributed by atoms with E-state index in [0.717, 1.165) is 5.56 Å². The Labute approximate surface area is 95.4 Å². The molecule has 16 heavy (non-hydrogen) atoms. The molecule has 1 unspecified atom stereocenters. The number of hydrogen-bond donors (Lipinski definition) is 2. The molecular weight excluding hydrogens is 232 g/mol. The molecular formula is C10H16O5S. The molecule has 1 atom stereocenters. The van der Waals surface area contributed by atoms with Gasteiger partial charge in [-0.1, -0.05) is 30.3 Å². The van der Waals surface area contributed by atoms with Crippen molar-refractivity contribution in [2.75, 3.05) is 20.0 Å². The number of benzene rings is 1. The minimum Gasteiger partial charge on any atom is -0.393 e. The third kappa shape index (κ3) is 8.37. The lowest BCUT2D eigenvalue weighted by Gasteiger charge is -2.11. The maximum Gasteiger partial charge on any atom is 0.261 e. The van der Waals surface area contributed by atoms with Gasteiger partial charge in [0.1, 0.15) is 6.10 Å². The van der Waals surface area contributed by atoms with Crippen molar-refractivity contribution in [2.24, 2.45) is 0 Å². The first-order valence-electron chi connectivity index (χ1n) is 4.49. The van der Waals surface area contributed by atoms with Gasteiger partial charge in [0.2, 0.25) is 0 Å². The third-order valence-corrected chi connectivity index (χ3v) is 1.62. The molecule has 1 rings (SSSR count). The predicted octanol–water partition coefficient (Wildman–Crippen LogP) is 0.870. The predicted molar refractivity (Wildman–Crippen MR) is 60.8 cm³/mol. The Hall–Kier alpha value is -0.950. The Kier molecular flexibility index (Phi) is 6.91. The molecule has 5 nitrogen and oxygen atoms in total. The Balaban J connectivity index is 0.000000385. The van der Waals surface area contributed by atoms with Gasteiger partial charge in [-0.2, -0.15) is 8.42 Å². The molecule has 0 saturated carbocycles. The van der Waals surface area contributed by atoms with Gasteiger partial charge in [-0.3, -0.25) is 4.55 Å². The van der Waals surface area contributed by atoms with Gasteiger partial charge in [0, 0.05) is 7.11 Å². The van der Waals surface area contributed by atoms with Crippen LogP contribution in [0.25, 0.3) is 0 Å². The molecule has 0 aromatic heterocycles. The zero-order valence-corrected chi connectivity index (χ0v) is 10.0. The molecule has 0 saturated heterocycles. The van der Waals surface area contributed by atoms with E-state index in [4.69, 9.17) is 14.4 Å². The van der Waals surface area contributed by atoms with Crippen molar-refractivity contribution in [3.63, 3.8) is 0 Å². The molecule has 0 heterocycles. The second kappa shape index (κ2) is 7.34. The highest BCUT2D eigenvalue weighted by atomic mass is 32.2. The molecule has 1 aromatic carbocycles. The second-order valence-corrected chi connectivity index (χ2v) is 4.52. The van der Waals surface area contributed by atoms with Gasteiger partial charge < -0.3 is 9.84 Å². The van der Waals surface area contributed by atoms with E-state index in [2.05, 4.69) is 0 Å². The van der Waals surface area contributed by atoms with Crippen LogP contribution in [-0.4, -0.2) is 38.0 Å². The van der Waals surface area contributed by atoms with E-state index < -0.39 is 10.1 Å². The summed E-state index contributed by atoms with van der Waals surface area (Å²) in [5, 5.41) is 8.85. The molecule has 1 aromatic rings. The number of methoxy groups -OCH3 is 1. The van der Waals surface area contributed by atoms with Crippen LogP contribution in [0.15, 0.2) is 30.3 Å². The number of aliphatic hydroxyl groups is 1. The Morgan fingerprint density at radius 1 is 1.31 bits per heavy atom. The largest absolute Gasteiger partial charge is 0.393 e. The summed E-state index contributed by atoms with van der Waals surface area (Å²) in [5.41, 5.74) is 1.01. The van der Waals surface area contributed by atoms with Crippen molar-refractivity contribution < 1.29 is 22.8 Å². The van der Waals surface area contributed by atoms with Crippen LogP contribution in [0.3, 0.4) is 0 Å². The smallest absolute Gasteiger partial charge is 0.261 e. The zero-order chi connectivity index (χ0) is 12.6. The van der Waals surface area contributed by atoms with Crippen LogP contribution in [0.4, 0.5) is 0 Å². The molecule has 0 aliphatic carbocycles. The summed E-state index contributed by atoms with van der Waals surface area (Å²) >= 11 is 0. The van der Waals surface area contributed by atoms with Crippen LogP contribution < -0.4 is 0 Å². The summed E-state index contributed by atoms with van der Waals surface area (Å²) in [6.07, 6.45) is 0.531. The highest BCUT2D eigenvalue weighted by Gasteiger charge is 2.06. The summed E-state index contributed by atoms with van der Waals surface area (Å²) in [6, 6.07) is 9.66. The average Bonchev–Trinajstić information content (AvgIpc) is 2.19. The van der Waals surface area contributed by atoms with Crippen LogP contribution in [0.2, 0.25) is 0 Å². The Bertz CT molecular complexity index is 361. The van der Waals surface area contributed by atoms with Crippen molar-refractivity contribution in [3.05, 3.63) is 35.9 Å². The van der Waals surface area contributed by atoms with E-state index in [-0.39, 0.29) is 12.7 Å². The zero-order valence-electron chi connectivity index (χ0n) is 9.20. The standard InChI is InChI=1S/C9H12O2.CH4O3S/c1-11-9(7-10)8-5-3-2-4-6-8;1-5(2,3)4/h2-6,9-10H,7H2,1H3;1H3,(H,2,3,4). The summed E-state index contributed by atoms with van der Waals surface area (Å²) in [5.74, 6) is 0. The molecule has 2 N–H and O–H groups in total. The second-order valence-electron chi connectivity index (χ2n) is 3.05. The van der Waals surface area contributed by atoms with Crippen molar-refractivity contribution in [2.45, 2.75) is 6.10 Å². The van der Waals surface area contributed by atoms with E-state index in [0.29, 0.717) is 6.26 Å². The maximum atomic E-state index is 9.19. The summed E-state index contributed by atoms with van der Waals surface area (Å²) in [7, 11) is -2.08. The highest BCUT2D eigenvalue weighted by molar-refractivity contribution is 7.85. The van der Waals surface area contributed by atoms with Gasteiger partial charge in [-0.05, 0) is 5.56 Å². The van der Waals surface area contributed by atoms with Crippen molar-refractivity contribution in [1.29, 1.82) is 0 Å². The molecule has 0 aliphatic heterocycles. The van der Waals surface area contributed by atoms with Crippen molar-refractivity contribution in [3.8, 4) is 0 Å². The van der Waals surface area contributed by atoms with E-state index in [1.54, 1.807) is 7.11 Å². The molecule has 92 valence electrons. The van der Waals surface area contributed by atoms with Crippen LogP contribution in [0, 0.1) is 0 Å². The highest BCUT2D eigenvalue weighted by Crippen LogP contribution is 2.14. The van der Waals surface area contributed by atoms with Crippen LogP contribution in [0.5, 0.6) is 0 Å². The number of rotatable bonds is 3. The fourth-order valence-electron chi connectivity index (χ4n) is 0.984. The average molecular weight is 248 g/mol.